The van der Waals surface area contributed by atoms with Crippen molar-refractivity contribution in [3.05, 3.63) is 0 Å². The zero-order valence-electron chi connectivity index (χ0n) is 42.6. The smallest absolute Gasteiger partial charge is 0.437 e. The summed E-state index contributed by atoms with van der Waals surface area (Å²) in [6.07, 6.45) is 0. The monoisotopic (exact) mass is 1050 g/mol. The van der Waals surface area contributed by atoms with E-state index in [-0.39, 0.29) is 5.67 Å². The molecule has 0 aliphatic heterocycles. The average Bonchev–Trinajstić information content (AvgIpc) is 2.63. The van der Waals surface area contributed by atoms with Crippen molar-refractivity contribution < 1.29 is 49.4 Å². The summed E-state index contributed by atoms with van der Waals surface area (Å²) in [5.74, 6) is 0. The fraction of sp³-hybridized carbons (Fsp3) is 1.00. The average molecular weight is 1050 g/mol. The van der Waals surface area contributed by atoms with Gasteiger partial charge >= 0.3 is 52.3 Å². The van der Waals surface area contributed by atoms with E-state index in [1.165, 1.54) is 0 Å². The molecule has 0 fully saturated rings. The summed E-state index contributed by atoms with van der Waals surface area (Å²) in [6.45, 7) is 64.7. The fourth-order valence-electron chi connectivity index (χ4n) is 6.68. The van der Waals surface area contributed by atoms with Gasteiger partial charge < -0.3 is 49.4 Å². The summed E-state index contributed by atoms with van der Waals surface area (Å²) in [4.78, 5) is 0. The summed E-state index contributed by atoms with van der Waals surface area (Å²) < 4.78 is 87.6. The van der Waals surface area contributed by atoms with Crippen LogP contribution < -0.4 is 0 Å². The Hall–Kier alpha value is 2.56. The van der Waals surface area contributed by atoms with Crippen molar-refractivity contribution >= 4 is 119 Å². The van der Waals surface area contributed by atoms with Gasteiger partial charge in [-0.2, -0.15) is 0 Å². The molecule has 0 amide bonds. The van der Waals surface area contributed by atoms with Gasteiger partial charge in [0, 0.05) is 13.1 Å². The molecule has 0 spiro atoms. The van der Waals surface area contributed by atoms with E-state index in [1.54, 1.807) is 0 Å². The highest BCUT2D eigenvalue weighted by atomic mass is 28.6. The van der Waals surface area contributed by atoms with Crippen LogP contribution in [0.4, 0.5) is 0 Å². The minimum atomic E-state index is -3.97. The van der Waals surface area contributed by atoms with Crippen molar-refractivity contribution in [3.63, 3.8) is 0 Å². The molecule has 0 bridgehead atoms. The quantitative estimate of drug-likeness (QED) is 0.0769. The van der Waals surface area contributed by atoms with Gasteiger partial charge in [-0.05, 0) is 183 Å². The Kier molecular flexibility index (Phi) is 20.4. The van der Waals surface area contributed by atoms with Crippen LogP contribution in [0, 0.1) is 0 Å². The van der Waals surface area contributed by atoms with Crippen LogP contribution in [0.2, 0.25) is 202 Å². The minimum Gasteiger partial charge on any atom is -0.437 e. The van der Waals surface area contributed by atoms with Crippen molar-refractivity contribution in [2.24, 2.45) is 0 Å². The lowest BCUT2D eigenvalue weighted by molar-refractivity contribution is 0.154. The zero-order valence-corrected chi connectivity index (χ0v) is 56.6. The van der Waals surface area contributed by atoms with Gasteiger partial charge in [-0.3, -0.25) is 0 Å². The highest BCUT2D eigenvalue weighted by molar-refractivity contribution is 7.01. The van der Waals surface area contributed by atoms with Gasteiger partial charge in [-0.25, -0.2) is 0 Å². The molecule has 2 atom stereocenters. The van der Waals surface area contributed by atoms with Gasteiger partial charge in [-0.1, -0.05) is 0 Å². The van der Waals surface area contributed by atoms with E-state index in [2.05, 4.69) is 183 Å². The lowest BCUT2D eigenvalue weighted by atomic mass is 11.8. The Balaban J connectivity index is 8.59. The highest BCUT2D eigenvalue weighted by Crippen LogP contribution is 2.41. The summed E-state index contributed by atoms with van der Waals surface area (Å²) in [6, 6.07) is 0. The van der Waals surface area contributed by atoms with Gasteiger partial charge in [-0.15, -0.1) is 0 Å². The molecule has 0 aromatic heterocycles. The molecule has 12 nitrogen and oxygen atoms in total. The Labute approximate surface area is 367 Å². The van der Waals surface area contributed by atoms with E-state index in [1.807, 2.05) is 13.1 Å². The first-order valence-corrected chi connectivity index (χ1v) is 61.8. The van der Waals surface area contributed by atoms with Crippen molar-refractivity contribution in [2.45, 2.75) is 202 Å². The van der Waals surface area contributed by atoms with Crippen LogP contribution in [-0.4, -0.2) is 119 Å². The molecule has 0 aromatic rings. The molecule has 0 heterocycles. The Morgan fingerprint density at radius 3 is 0.526 bits per heavy atom. The third-order valence-corrected chi connectivity index (χ3v) is 53.2. The predicted molar refractivity (Wildman–Crippen MR) is 274 cm³/mol. The SMILES string of the molecule is C[Si](C)(C)O[Si](C)(C)O[Si](C)(O[Si](C)(C)C)O[Si](C[Si](O[Si](C)(C)C)(O[Si](C)(C)C)O[Si](C)(O[Si](C)(C)C)O[Si](C)(C)O[Si](C)(C)C)(O[Si](C)(C)C)O[Si](C)(C)C. The third kappa shape index (κ3) is 28.9. The molecule has 0 rings (SSSR count). The lowest BCUT2D eigenvalue weighted by Gasteiger charge is -2.51. The predicted octanol–water partition coefficient (Wildman–Crippen LogP) is 11.8. The van der Waals surface area contributed by atoms with Crippen molar-refractivity contribution in [1.29, 1.82) is 0 Å². The second-order valence-corrected chi connectivity index (χ2v) is 81.0. The lowest BCUT2D eigenvalue weighted by Crippen LogP contribution is -2.73. The fourth-order valence-corrected chi connectivity index (χ4v) is 69.3. The van der Waals surface area contributed by atoms with Crippen molar-refractivity contribution in [1.82, 2.24) is 0 Å². The molecule has 344 valence electrons. The van der Waals surface area contributed by atoms with Crippen LogP contribution in [0.3, 0.4) is 0 Å². The molecule has 26 heteroatoms. The molecule has 0 radical (unpaired) electrons. The molecular formula is C31H92O12Si14. The molecule has 0 N–H and O–H groups in total. The van der Waals surface area contributed by atoms with Gasteiger partial charge in [0.2, 0.25) is 0 Å². The molecular weight excluding hydrogens is 958 g/mol. The van der Waals surface area contributed by atoms with Crippen LogP contribution in [0.1, 0.15) is 0 Å². The van der Waals surface area contributed by atoms with E-state index in [0.717, 1.165) is 0 Å². The summed E-state index contributed by atoms with van der Waals surface area (Å²) >= 11 is 0. The Bertz CT molecular complexity index is 1150. The van der Waals surface area contributed by atoms with Crippen molar-refractivity contribution in [3.8, 4) is 0 Å². The molecule has 0 aromatic carbocycles. The van der Waals surface area contributed by atoms with Crippen LogP contribution in [0.25, 0.3) is 0 Å². The van der Waals surface area contributed by atoms with Crippen LogP contribution in [0.5, 0.6) is 0 Å². The van der Waals surface area contributed by atoms with Gasteiger partial charge in [0.1, 0.15) is 0 Å². The van der Waals surface area contributed by atoms with E-state index < -0.39 is 119 Å². The molecule has 57 heavy (non-hydrogen) atoms. The summed E-state index contributed by atoms with van der Waals surface area (Å²) in [7, 11) is -39.3. The maximum Gasteiger partial charge on any atom is 0.477 e. The number of rotatable bonds is 26. The number of hydrogen-bond donors (Lipinski definition) is 0. The van der Waals surface area contributed by atoms with Gasteiger partial charge in [0.05, 0.1) is 5.67 Å². The van der Waals surface area contributed by atoms with Crippen molar-refractivity contribution in [2.75, 3.05) is 0 Å². The highest BCUT2D eigenvalue weighted by Gasteiger charge is 2.67. The first-order valence-electron chi connectivity index (χ1n) is 20.6. The summed E-state index contributed by atoms with van der Waals surface area (Å²) in [5.41, 5.74) is 0.165. The first-order chi connectivity index (χ1) is 24.2. The van der Waals surface area contributed by atoms with E-state index in [4.69, 9.17) is 49.4 Å². The minimum absolute atomic E-state index is 0.165. The first kappa shape index (κ1) is 59.6. The topological polar surface area (TPSA) is 111 Å². The zero-order chi connectivity index (χ0) is 46.2. The van der Waals surface area contributed by atoms with Gasteiger partial charge in [0.25, 0.3) is 0 Å². The summed E-state index contributed by atoms with van der Waals surface area (Å²) in [5, 5.41) is 0. The standard InChI is InChI=1S/C31H92O12Si14/c1-44(2,3)32-52(25,26)40-54(29,34-46(7,8)9)42-56(36-48(13,14)15,37-49(16,17)18)31-57(38-50(19,20)21,39-51(22,23)24)43-55(30,35-47(10,11)12)41-53(27,28)33-45(4,5)6/h31H2,1-30H3. The van der Waals surface area contributed by atoms with Crippen LogP contribution >= 0.6 is 0 Å². The largest absolute Gasteiger partial charge is 0.477 e. The maximum absolute atomic E-state index is 7.69. The maximum atomic E-state index is 7.69. The van der Waals surface area contributed by atoms with E-state index >= 15 is 0 Å². The van der Waals surface area contributed by atoms with Crippen LogP contribution in [0.15, 0.2) is 0 Å². The third-order valence-electron chi connectivity index (χ3n) is 5.91. The second kappa shape index (κ2) is 19.6. The van der Waals surface area contributed by atoms with E-state index in [9.17, 15) is 0 Å². The molecule has 0 aliphatic rings. The Morgan fingerprint density at radius 1 is 0.193 bits per heavy atom. The molecule has 0 aliphatic carbocycles. The molecule has 2 unspecified atom stereocenters. The Morgan fingerprint density at radius 2 is 0.368 bits per heavy atom. The molecule has 0 saturated carbocycles. The normalized spacial score (nSPS) is 17.8. The van der Waals surface area contributed by atoms with Crippen LogP contribution in [-0.2, 0) is 49.4 Å². The number of hydrogen-bond acceptors (Lipinski definition) is 12. The second-order valence-electron chi connectivity index (χ2n) is 24.2. The van der Waals surface area contributed by atoms with E-state index in [0.29, 0.717) is 0 Å². The van der Waals surface area contributed by atoms with Gasteiger partial charge in [0.15, 0.2) is 66.5 Å². The molecule has 0 saturated heterocycles.